The third kappa shape index (κ3) is 4.46. The monoisotopic (exact) mass is 484 g/mol. The first-order chi connectivity index (χ1) is 16.1. The van der Waals surface area contributed by atoms with Gasteiger partial charge in [0.05, 0.1) is 5.92 Å². The lowest BCUT2D eigenvalue weighted by Gasteiger charge is -2.19. The number of esters is 1. The van der Waals surface area contributed by atoms with Gasteiger partial charge in [0.1, 0.15) is 17.1 Å². The van der Waals surface area contributed by atoms with Crippen LogP contribution in [0.25, 0.3) is 0 Å². The molecule has 0 spiro atoms. The Labute approximate surface area is 199 Å². The topological polar surface area (TPSA) is 107 Å². The molecule has 1 aliphatic heterocycles. The van der Waals surface area contributed by atoms with Gasteiger partial charge in [-0.05, 0) is 69.2 Å². The van der Waals surface area contributed by atoms with Crippen LogP contribution in [0, 0.1) is 19.8 Å². The number of ether oxygens (including phenoxy) is 1. The molecule has 0 saturated heterocycles. The minimum atomic E-state index is -4.20. The van der Waals surface area contributed by atoms with E-state index in [1.54, 1.807) is 12.1 Å². The van der Waals surface area contributed by atoms with E-state index in [1.807, 2.05) is 26.8 Å². The van der Waals surface area contributed by atoms with E-state index in [-0.39, 0.29) is 22.8 Å². The van der Waals surface area contributed by atoms with Crippen LogP contribution in [0.5, 0.6) is 5.75 Å². The number of aliphatic carboxylic acids is 1. The molecule has 2 aromatic rings. The molecule has 2 aliphatic rings. The maximum atomic E-state index is 13.2. The summed E-state index contributed by atoms with van der Waals surface area (Å²) in [5.74, 6) is -1.78. The summed E-state index contributed by atoms with van der Waals surface area (Å²) in [5, 5.41) is 9.30. The summed E-state index contributed by atoms with van der Waals surface area (Å²) in [4.78, 5) is 24.0. The predicted octanol–water partition coefficient (Wildman–Crippen LogP) is 4.66. The van der Waals surface area contributed by atoms with Crippen LogP contribution in [0.1, 0.15) is 64.4 Å². The van der Waals surface area contributed by atoms with Crippen LogP contribution in [-0.4, -0.2) is 25.5 Å². The van der Waals surface area contributed by atoms with Gasteiger partial charge in [0.2, 0.25) is 0 Å². The summed E-state index contributed by atoms with van der Waals surface area (Å²) in [6, 6.07) is 6.33. The Hall–Kier alpha value is -3.13. The lowest BCUT2D eigenvalue weighted by Crippen LogP contribution is -2.16. The number of hydrogen-bond donors (Lipinski definition) is 1. The van der Waals surface area contributed by atoms with Crippen LogP contribution in [0.4, 0.5) is 0 Å². The van der Waals surface area contributed by atoms with Crippen LogP contribution in [0.2, 0.25) is 0 Å². The normalized spacial score (nSPS) is 18.7. The van der Waals surface area contributed by atoms with Crippen molar-refractivity contribution < 1.29 is 32.0 Å². The van der Waals surface area contributed by atoms with Gasteiger partial charge in [0.25, 0.3) is 0 Å². The van der Waals surface area contributed by atoms with Gasteiger partial charge < -0.3 is 14.0 Å². The van der Waals surface area contributed by atoms with Gasteiger partial charge in [-0.1, -0.05) is 36.3 Å². The molecule has 2 aromatic carbocycles. The molecule has 1 heterocycles. The van der Waals surface area contributed by atoms with Gasteiger partial charge in [-0.2, -0.15) is 8.42 Å². The van der Waals surface area contributed by atoms with E-state index in [0.717, 1.165) is 22.3 Å². The molecule has 1 saturated carbocycles. The minimum absolute atomic E-state index is 0.00114. The number of carbonyl (C=O) groups excluding carboxylic acids is 1. The zero-order chi connectivity index (χ0) is 24.6. The van der Waals surface area contributed by atoms with Gasteiger partial charge in [-0.3, -0.25) is 4.79 Å². The van der Waals surface area contributed by atoms with Crippen molar-refractivity contribution in [1.29, 1.82) is 0 Å². The summed E-state index contributed by atoms with van der Waals surface area (Å²) in [5.41, 5.74) is 5.17. The average Bonchev–Trinajstić information content (AvgIpc) is 3.42. The fraction of sp³-hybridized carbons (Fsp3) is 0.385. The van der Waals surface area contributed by atoms with Crippen molar-refractivity contribution in [2.75, 3.05) is 0 Å². The molecule has 0 amide bonds. The Morgan fingerprint density at radius 3 is 2.53 bits per heavy atom. The smallest absolute Gasteiger partial charge is 0.342 e. The van der Waals surface area contributed by atoms with E-state index in [2.05, 4.69) is 0 Å². The molecule has 8 heteroatoms. The van der Waals surface area contributed by atoms with Crippen molar-refractivity contribution in [3.63, 3.8) is 0 Å². The van der Waals surface area contributed by atoms with E-state index >= 15 is 0 Å². The highest BCUT2D eigenvalue weighted by Gasteiger charge is 2.35. The Kier molecular flexibility index (Phi) is 6.53. The van der Waals surface area contributed by atoms with Crippen molar-refractivity contribution >= 4 is 22.1 Å². The summed E-state index contributed by atoms with van der Waals surface area (Å²) in [7, 11) is -4.20. The first-order valence-electron chi connectivity index (χ1n) is 11.4. The van der Waals surface area contributed by atoms with Crippen LogP contribution in [-0.2, 0) is 39.1 Å². The average molecular weight is 485 g/mol. The molecule has 0 radical (unpaired) electrons. The molecule has 1 unspecified atom stereocenters. The number of allylic oxidation sites excluding steroid dienone is 2. The zero-order valence-corrected chi connectivity index (χ0v) is 20.3. The van der Waals surface area contributed by atoms with E-state index in [9.17, 15) is 23.1 Å². The van der Waals surface area contributed by atoms with Crippen molar-refractivity contribution in [3.05, 3.63) is 69.3 Å². The minimum Gasteiger partial charge on any atom is -0.481 e. The second-order valence-electron chi connectivity index (χ2n) is 8.89. The van der Waals surface area contributed by atoms with Gasteiger partial charge >= 0.3 is 22.1 Å². The SMILES string of the molecule is CCc1c(C)c2c(c(OS(=O)(=O)c3ccc(C)cc3)c1CC=C1CCC(C(=O)O)C1)C(=O)OC2. The quantitative estimate of drug-likeness (QED) is 0.346. The lowest BCUT2D eigenvalue weighted by atomic mass is 9.89. The van der Waals surface area contributed by atoms with Crippen molar-refractivity contribution in [2.24, 2.45) is 5.92 Å². The first-order valence-corrected chi connectivity index (χ1v) is 12.8. The number of carboxylic acid groups (broad SMARTS) is 1. The number of fused-ring (bicyclic) bond motifs is 1. The molecule has 0 bridgehead atoms. The van der Waals surface area contributed by atoms with Crippen LogP contribution < -0.4 is 4.18 Å². The Bertz CT molecular complexity index is 1290. The van der Waals surface area contributed by atoms with Crippen LogP contribution in [0.3, 0.4) is 0 Å². The predicted molar refractivity (Wildman–Crippen MR) is 125 cm³/mol. The van der Waals surface area contributed by atoms with Crippen molar-refractivity contribution in [3.8, 4) is 5.75 Å². The maximum Gasteiger partial charge on any atom is 0.342 e. The number of benzene rings is 2. The van der Waals surface area contributed by atoms with Gasteiger partial charge in [-0.15, -0.1) is 0 Å². The lowest BCUT2D eigenvalue weighted by molar-refractivity contribution is -0.141. The summed E-state index contributed by atoms with van der Waals surface area (Å²) >= 11 is 0. The second-order valence-corrected chi connectivity index (χ2v) is 10.4. The zero-order valence-electron chi connectivity index (χ0n) is 19.5. The third-order valence-electron chi connectivity index (χ3n) is 6.75. The highest BCUT2D eigenvalue weighted by Crippen LogP contribution is 2.41. The van der Waals surface area contributed by atoms with Crippen LogP contribution in [0.15, 0.2) is 40.8 Å². The van der Waals surface area contributed by atoms with Gasteiger partial charge in [0, 0.05) is 11.1 Å². The summed E-state index contributed by atoms with van der Waals surface area (Å²) in [6.45, 7) is 5.81. The number of rotatable bonds is 7. The van der Waals surface area contributed by atoms with E-state index < -0.39 is 28.0 Å². The Balaban J connectivity index is 1.81. The Morgan fingerprint density at radius 1 is 1.21 bits per heavy atom. The third-order valence-corrected chi connectivity index (χ3v) is 7.98. The molecule has 1 fully saturated rings. The van der Waals surface area contributed by atoms with E-state index in [1.165, 1.54) is 12.1 Å². The summed E-state index contributed by atoms with van der Waals surface area (Å²) in [6.07, 6.45) is 4.65. The molecule has 4 rings (SSSR count). The number of hydrogen-bond acceptors (Lipinski definition) is 6. The molecule has 1 aliphatic carbocycles. The van der Waals surface area contributed by atoms with E-state index in [0.29, 0.717) is 43.2 Å². The Morgan fingerprint density at radius 2 is 1.91 bits per heavy atom. The molecule has 180 valence electrons. The molecular weight excluding hydrogens is 456 g/mol. The standard InChI is InChI=1S/C26H28O7S/c1-4-20-16(3)22-14-32-26(29)23(22)24(33-34(30,31)19-10-5-15(2)6-11-19)21(20)12-8-17-7-9-18(13-17)25(27)28/h5-6,8,10-11,18H,4,7,9,12-14H2,1-3H3,(H,27,28). The second kappa shape index (κ2) is 9.25. The van der Waals surface area contributed by atoms with Crippen molar-refractivity contribution in [2.45, 2.75) is 64.4 Å². The fourth-order valence-electron chi connectivity index (χ4n) is 4.80. The van der Waals surface area contributed by atoms with Gasteiger partial charge in [-0.25, -0.2) is 4.79 Å². The molecule has 1 N–H and O–H groups in total. The molecular formula is C26H28O7S. The van der Waals surface area contributed by atoms with Crippen LogP contribution >= 0.6 is 0 Å². The van der Waals surface area contributed by atoms with E-state index in [4.69, 9.17) is 8.92 Å². The van der Waals surface area contributed by atoms with Gasteiger partial charge in [0.15, 0.2) is 5.75 Å². The first kappa shape index (κ1) is 24.0. The maximum absolute atomic E-state index is 13.2. The largest absolute Gasteiger partial charge is 0.481 e. The number of aryl methyl sites for hydroxylation is 1. The number of cyclic esters (lactones) is 1. The number of carboxylic acids is 1. The highest BCUT2D eigenvalue weighted by atomic mass is 32.2. The van der Waals surface area contributed by atoms with Crippen molar-refractivity contribution in [1.82, 2.24) is 0 Å². The molecule has 1 atom stereocenters. The molecule has 0 aromatic heterocycles. The molecule has 34 heavy (non-hydrogen) atoms. The number of carbonyl (C=O) groups is 2. The molecule has 7 nitrogen and oxygen atoms in total. The fourth-order valence-corrected chi connectivity index (χ4v) is 5.77. The highest BCUT2D eigenvalue weighted by molar-refractivity contribution is 7.87. The summed E-state index contributed by atoms with van der Waals surface area (Å²) < 4.78 is 37.3.